The first-order chi connectivity index (χ1) is 10.7. The van der Waals surface area contributed by atoms with Crippen LogP contribution >= 0.6 is 17.0 Å². The zero-order valence-electron chi connectivity index (χ0n) is 12.9. The van der Waals surface area contributed by atoms with Crippen LogP contribution in [0.15, 0.2) is 23.2 Å². The van der Waals surface area contributed by atoms with Crippen LogP contribution in [0, 0.1) is 18.8 Å². The van der Waals surface area contributed by atoms with E-state index in [1.807, 2.05) is 31.3 Å². The summed E-state index contributed by atoms with van der Waals surface area (Å²) in [4.78, 5) is 4.81. The molecule has 0 heterocycles. The molecular formula is C17H23Cl2NOZr. The van der Waals surface area contributed by atoms with Gasteiger partial charge in [0, 0.05) is 11.8 Å². The summed E-state index contributed by atoms with van der Waals surface area (Å²) in [7, 11) is 9.87. The van der Waals surface area contributed by atoms with Crippen LogP contribution < -0.4 is 0 Å². The van der Waals surface area contributed by atoms with E-state index in [-0.39, 0.29) is 0 Å². The number of nitrogens with zero attached hydrogens (tertiary/aromatic N) is 1. The van der Waals surface area contributed by atoms with Gasteiger partial charge in [0.15, 0.2) is 0 Å². The van der Waals surface area contributed by atoms with Crippen molar-refractivity contribution in [1.29, 1.82) is 0 Å². The fourth-order valence-electron chi connectivity index (χ4n) is 3.66. The second-order valence-electron chi connectivity index (χ2n) is 6.29. The Morgan fingerprint density at radius 1 is 1.14 bits per heavy atom. The van der Waals surface area contributed by atoms with Gasteiger partial charge in [-0.15, -0.1) is 0 Å². The van der Waals surface area contributed by atoms with E-state index in [9.17, 15) is 5.11 Å². The normalized spacial score (nSPS) is 27.1. The van der Waals surface area contributed by atoms with E-state index in [2.05, 4.69) is 0 Å². The summed E-state index contributed by atoms with van der Waals surface area (Å²) in [6, 6.07) is 6.34. The maximum absolute atomic E-state index is 10.0. The quantitative estimate of drug-likeness (QED) is 0.634. The second kappa shape index (κ2) is 9.45. The predicted molar refractivity (Wildman–Crippen MR) is 90.6 cm³/mol. The molecule has 1 aromatic rings. The number of aryl methyl sites for hydroxylation is 1. The third-order valence-corrected chi connectivity index (χ3v) is 4.98. The van der Waals surface area contributed by atoms with Gasteiger partial charge in [-0.25, -0.2) is 0 Å². The van der Waals surface area contributed by atoms with Crippen LogP contribution in [0.2, 0.25) is 0 Å². The standard InChI is InChI=1S/C17H23NO.2ClH.Zr/c1-12-3-2-4-15(17(12)19)11-18-16-10-7-13-5-8-14(16)9-6-13;;;/h2-4,11,13-14,16,19H,5-10H2,1H3;2*1H;/q;;;+2/p-2. The molecule has 0 aliphatic heterocycles. The van der Waals surface area contributed by atoms with Crippen LogP contribution in [0.4, 0.5) is 0 Å². The minimum absolute atomic E-state index is 0.379. The van der Waals surface area contributed by atoms with Crippen LogP contribution in [-0.4, -0.2) is 17.4 Å². The van der Waals surface area contributed by atoms with Gasteiger partial charge in [-0.1, -0.05) is 25.0 Å². The summed E-state index contributed by atoms with van der Waals surface area (Å²) in [5.74, 6) is 2.12. The Bertz CT molecular complexity index is 501. The number of para-hydroxylation sites is 1. The van der Waals surface area contributed by atoms with Crippen molar-refractivity contribution in [1.82, 2.24) is 0 Å². The number of fused-ring (bicyclic) bond motifs is 4. The third-order valence-electron chi connectivity index (χ3n) is 4.98. The molecule has 4 rings (SSSR count). The first-order valence-electron chi connectivity index (χ1n) is 7.93. The number of aromatic hydroxyl groups is 1. The van der Waals surface area contributed by atoms with Gasteiger partial charge in [0.25, 0.3) is 0 Å². The molecule has 120 valence electrons. The predicted octanol–water partition coefficient (Wildman–Crippen LogP) is 5.46. The molecule has 3 aliphatic rings. The van der Waals surface area contributed by atoms with Crippen molar-refractivity contribution in [2.24, 2.45) is 16.8 Å². The maximum atomic E-state index is 10.0. The fraction of sp³-hybridized carbons (Fsp3) is 0.588. The van der Waals surface area contributed by atoms with Crippen molar-refractivity contribution in [2.45, 2.75) is 51.5 Å². The van der Waals surface area contributed by atoms with E-state index >= 15 is 0 Å². The zero-order chi connectivity index (χ0) is 15.9. The molecule has 0 amide bonds. The van der Waals surface area contributed by atoms with Crippen LogP contribution in [0.1, 0.15) is 49.7 Å². The number of aliphatic imine (C=N–C) groups is 1. The molecule has 0 aromatic heterocycles. The molecule has 2 nitrogen and oxygen atoms in total. The van der Waals surface area contributed by atoms with Gasteiger partial charge < -0.3 is 5.11 Å². The minimum atomic E-state index is -0.826. The van der Waals surface area contributed by atoms with E-state index in [4.69, 9.17) is 22.0 Å². The molecule has 22 heavy (non-hydrogen) atoms. The van der Waals surface area contributed by atoms with E-state index < -0.39 is 20.8 Å². The molecule has 0 radical (unpaired) electrons. The topological polar surface area (TPSA) is 32.6 Å². The molecule has 0 saturated heterocycles. The Morgan fingerprint density at radius 3 is 2.45 bits per heavy atom. The van der Waals surface area contributed by atoms with Gasteiger partial charge in [-0.3, -0.25) is 4.99 Å². The Balaban J connectivity index is 0.000000545. The zero-order valence-corrected chi connectivity index (χ0v) is 16.9. The van der Waals surface area contributed by atoms with Crippen LogP contribution in [0.5, 0.6) is 5.75 Å². The van der Waals surface area contributed by atoms with Gasteiger partial charge in [-0.05, 0) is 56.1 Å². The molecule has 0 spiro atoms. The molecule has 2 bridgehead atoms. The SMILES string of the molecule is Cc1cccc(C=NC2CCC3CCC2CC3)c1O.[Cl][Zr][Cl]. The summed E-state index contributed by atoms with van der Waals surface area (Å²) in [6.45, 7) is 1.93. The molecule has 1 atom stereocenters. The average Bonchev–Trinajstić information content (AvgIpc) is 2.83. The van der Waals surface area contributed by atoms with E-state index in [0.29, 0.717) is 11.8 Å². The van der Waals surface area contributed by atoms with Crippen molar-refractivity contribution < 1.29 is 26.0 Å². The monoisotopic (exact) mass is 417 g/mol. The van der Waals surface area contributed by atoms with Gasteiger partial charge >= 0.3 is 37.9 Å². The van der Waals surface area contributed by atoms with Crippen molar-refractivity contribution in [2.75, 3.05) is 0 Å². The number of halogens is 2. The molecule has 1 unspecified atom stereocenters. The number of hydrogen-bond donors (Lipinski definition) is 1. The molecule has 3 saturated carbocycles. The van der Waals surface area contributed by atoms with Crippen LogP contribution in [-0.2, 0) is 20.8 Å². The average molecular weight is 420 g/mol. The molecule has 5 heteroatoms. The molecule has 1 N–H and O–H groups in total. The second-order valence-corrected chi connectivity index (χ2v) is 10.0. The number of rotatable bonds is 2. The van der Waals surface area contributed by atoms with Crippen molar-refractivity contribution in [3.05, 3.63) is 29.3 Å². The summed E-state index contributed by atoms with van der Waals surface area (Å²) in [6.07, 6.45) is 10.0. The van der Waals surface area contributed by atoms with Crippen LogP contribution in [0.25, 0.3) is 0 Å². The molecule has 3 fully saturated rings. The van der Waals surface area contributed by atoms with Gasteiger partial charge in [0.2, 0.25) is 0 Å². The molecule has 3 aliphatic carbocycles. The van der Waals surface area contributed by atoms with Crippen molar-refractivity contribution in [3.8, 4) is 5.75 Å². The molecular weight excluding hydrogens is 396 g/mol. The summed E-state index contributed by atoms with van der Waals surface area (Å²) >= 11 is -0.826. The fourth-order valence-corrected chi connectivity index (χ4v) is 3.66. The Kier molecular flexibility index (Phi) is 7.94. The number of phenolic OH excluding ortho intramolecular Hbond substituents is 1. The molecule has 1 aromatic carbocycles. The van der Waals surface area contributed by atoms with E-state index in [1.54, 1.807) is 0 Å². The number of phenols is 1. The first kappa shape index (κ1) is 18.5. The summed E-state index contributed by atoms with van der Waals surface area (Å²) < 4.78 is 0. The summed E-state index contributed by atoms with van der Waals surface area (Å²) in [5.41, 5.74) is 1.78. The third kappa shape index (κ3) is 5.08. The Labute approximate surface area is 152 Å². The Hall–Kier alpha value is 0.153. The van der Waals surface area contributed by atoms with Gasteiger partial charge in [0.05, 0.1) is 6.04 Å². The first-order valence-corrected chi connectivity index (χ1v) is 14.3. The Morgan fingerprint density at radius 2 is 1.77 bits per heavy atom. The van der Waals surface area contributed by atoms with E-state index in [0.717, 1.165) is 23.0 Å². The van der Waals surface area contributed by atoms with Crippen LogP contribution in [0.3, 0.4) is 0 Å². The van der Waals surface area contributed by atoms with Gasteiger partial charge in [-0.2, -0.15) is 0 Å². The number of benzene rings is 1. The van der Waals surface area contributed by atoms with Crippen molar-refractivity contribution in [3.63, 3.8) is 0 Å². The summed E-state index contributed by atoms with van der Waals surface area (Å²) in [5, 5.41) is 10.0. The number of hydrogen-bond acceptors (Lipinski definition) is 2. The van der Waals surface area contributed by atoms with Gasteiger partial charge in [0.1, 0.15) is 5.75 Å². The van der Waals surface area contributed by atoms with E-state index in [1.165, 1.54) is 38.5 Å². The van der Waals surface area contributed by atoms with Crippen molar-refractivity contribution >= 4 is 23.2 Å².